The Bertz CT molecular complexity index is 545. The predicted molar refractivity (Wildman–Crippen MR) is 96.2 cm³/mol. The highest BCUT2D eigenvalue weighted by Gasteiger charge is 2.15. The molecule has 1 fully saturated rings. The van der Waals surface area contributed by atoms with Crippen molar-refractivity contribution < 1.29 is 9.59 Å². The largest absolute Gasteiger partial charge is 0.356 e. The quantitative estimate of drug-likeness (QED) is 0.706. The Hall–Kier alpha value is -1.75. The fraction of sp³-hybridized carbons (Fsp3) is 0.556. The summed E-state index contributed by atoms with van der Waals surface area (Å²) in [7, 11) is 0. The van der Waals surface area contributed by atoms with Crippen LogP contribution >= 0.6 is 11.6 Å². The smallest absolute Gasteiger partial charge is 0.315 e. The van der Waals surface area contributed by atoms with Crippen molar-refractivity contribution in [1.29, 1.82) is 0 Å². The van der Waals surface area contributed by atoms with Crippen molar-refractivity contribution in [1.82, 2.24) is 16.0 Å². The van der Waals surface area contributed by atoms with Crippen LogP contribution in [0.1, 0.15) is 44.1 Å². The van der Waals surface area contributed by atoms with E-state index >= 15 is 0 Å². The number of hydrogen-bond acceptors (Lipinski definition) is 2. The van der Waals surface area contributed by atoms with E-state index in [9.17, 15) is 9.59 Å². The van der Waals surface area contributed by atoms with Crippen molar-refractivity contribution in [3.05, 3.63) is 34.9 Å². The molecule has 0 bridgehead atoms. The van der Waals surface area contributed by atoms with Crippen LogP contribution in [0.25, 0.3) is 0 Å². The van der Waals surface area contributed by atoms with Crippen LogP contribution in [0.4, 0.5) is 4.79 Å². The highest BCUT2D eigenvalue weighted by molar-refractivity contribution is 6.30. The van der Waals surface area contributed by atoms with Crippen molar-refractivity contribution in [2.75, 3.05) is 13.1 Å². The molecular weight excluding hydrogens is 326 g/mol. The third-order valence-electron chi connectivity index (χ3n) is 4.20. The third-order valence-corrected chi connectivity index (χ3v) is 4.44. The Labute approximate surface area is 148 Å². The van der Waals surface area contributed by atoms with E-state index in [-0.39, 0.29) is 24.4 Å². The molecule has 24 heavy (non-hydrogen) atoms. The third kappa shape index (κ3) is 7.21. The van der Waals surface area contributed by atoms with Gasteiger partial charge in [-0.1, -0.05) is 43.0 Å². The Balaban J connectivity index is 1.53. The first kappa shape index (κ1) is 18.6. The molecule has 6 heteroatoms. The molecule has 0 atom stereocenters. The molecule has 1 aliphatic rings. The highest BCUT2D eigenvalue weighted by atomic mass is 35.5. The Morgan fingerprint density at radius 2 is 1.88 bits per heavy atom. The molecule has 0 radical (unpaired) electrons. The minimum atomic E-state index is -0.173. The van der Waals surface area contributed by atoms with Gasteiger partial charge in [-0.2, -0.15) is 0 Å². The number of carbonyl (C=O) groups excluding carboxylic acids is 2. The van der Waals surface area contributed by atoms with Crippen LogP contribution in [0.15, 0.2) is 24.3 Å². The minimum Gasteiger partial charge on any atom is -0.356 e. The first-order valence-electron chi connectivity index (χ1n) is 8.69. The van der Waals surface area contributed by atoms with Gasteiger partial charge >= 0.3 is 6.03 Å². The Kier molecular flexibility index (Phi) is 7.89. The van der Waals surface area contributed by atoms with E-state index in [1.807, 2.05) is 24.3 Å². The summed E-state index contributed by atoms with van der Waals surface area (Å²) in [6, 6.07) is 7.71. The van der Waals surface area contributed by atoms with Crippen molar-refractivity contribution in [2.45, 2.75) is 51.0 Å². The number of hydrogen-bond donors (Lipinski definition) is 3. The summed E-state index contributed by atoms with van der Waals surface area (Å²) in [5.74, 6) is -0.0602. The maximum absolute atomic E-state index is 11.8. The zero-order valence-electron chi connectivity index (χ0n) is 13.9. The molecule has 0 aliphatic heterocycles. The zero-order valence-corrected chi connectivity index (χ0v) is 14.7. The van der Waals surface area contributed by atoms with E-state index < -0.39 is 0 Å². The van der Waals surface area contributed by atoms with Gasteiger partial charge in [0, 0.05) is 30.6 Å². The fourth-order valence-electron chi connectivity index (χ4n) is 2.90. The molecule has 1 aliphatic carbocycles. The van der Waals surface area contributed by atoms with Crippen molar-refractivity contribution in [3.63, 3.8) is 0 Å². The summed E-state index contributed by atoms with van der Waals surface area (Å²) < 4.78 is 0. The summed E-state index contributed by atoms with van der Waals surface area (Å²) >= 11 is 5.92. The normalized spacial score (nSPS) is 14.9. The SMILES string of the molecule is O=C(CCNC(=O)NC1CCCCC1)NCCc1cccc(Cl)c1. The van der Waals surface area contributed by atoms with E-state index in [1.165, 1.54) is 19.3 Å². The molecule has 2 rings (SSSR count). The van der Waals surface area contributed by atoms with Crippen LogP contribution in [0.2, 0.25) is 5.02 Å². The summed E-state index contributed by atoms with van der Waals surface area (Å²) in [4.78, 5) is 23.5. The van der Waals surface area contributed by atoms with E-state index in [1.54, 1.807) is 0 Å². The Morgan fingerprint density at radius 1 is 1.08 bits per heavy atom. The molecule has 132 valence electrons. The van der Waals surface area contributed by atoms with E-state index in [2.05, 4.69) is 16.0 Å². The van der Waals surface area contributed by atoms with Gasteiger partial charge in [0.1, 0.15) is 0 Å². The molecule has 3 amide bonds. The average Bonchev–Trinajstić information content (AvgIpc) is 2.56. The predicted octanol–water partition coefficient (Wildman–Crippen LogP) is 3.02. The number of benzene rings is 1. The van der Waals surface area contributed by atoms with E-state index in [0.717, 1.165) is 24.8 Å². The van der Waals surface area contributed by atoms with Crippen LogP contribution in [0.3, 0.4) is 0 Å². The number of nitrogens with one attached hydrogen (secondary N) is 3. The first-order valence-corrected chi connectivity index (χ1v) is 9.07. The second-order valence-electron chi connectivity index (χ2n) is 6.22. The molecule has 1 saturated carbocycles. The van der Waals surface area contributed by atoms with Crippen LogP contribution < -0.4 is 16.0 Å². The molecule has 3 N–H and O–H groups in total. The fourth-order valence-corrected chi connectivity index (χ4v) is 3.11. The van der Waals surface area contributed by atoms with E-state index in [4.69, 9.17) is 11.6 Å². The highest BCUT2D eigenvalue weighted by Crippen LogP contribution is 2.17. The summed E-state index contributed by atoms with van der Waals surface area (Å²) in [5.41, 5.74) is 1.09. The van der Waals surface area contributed by atoms with Crippen LogP contribution in [0.5, 0.6) is 0 Å². The average molecular weight is 352 g/mol. The molecule has 0 aromatic heterocycles. The van der Waals surface area contributed by atoms with Gasteiger partial charge < -0.3 is 16.0 Å². The number of halogens is 1. The monoisotopic (exact) mass is 351 g/mol. The summed E-state index contributed by atoms with van der Waals surface area (Å²) in [5, 5.41) is 9.27. The molecule has 1 aromatic rings. The van der Waals surface area contributed by atoms with Crippen LogP contribution in [-0.4, -0.2) is 31.1 Å². The molecule has 0 unspecified atom stereocenters. The van der Waals surface area contributed by atoms with Crippen LogP contribution in [0, 0.1) is 0 Å². The first-order chi connectivity index (χ1) is 11.6. The maximum Gasteiger partial charge on any atom is 0.315 e. The minimum absolute atomic E-state index is 0.0602. The second-order valence-corrected chi connectivity index (χ2v) is 6.65. The molecule has 1 aromatic carbocycles. The van der Waals surface area contributed by atoms with Crippen molar-refractivity contribution in [3.8, 4) is 0 Å². The number of urea groups is 1. The van der Waals surface area contributed by atoms with Gasteiger partial charge in [-0.3, -0.25) is 4.79 Å². The van der Waals surface area contributed by atoms with Crippen molar-refractivity contribution in [2.24, 2.45) is 0 Å². The lowest BCUT2D eigenvalue weighted by Crippen LogP contribution is -2.43. The zero-order chi connectivity index (χ0) is 17.2. The lowest BCUT2D eigenvalue weighted by molar-refractivity contribution is -0.120. The maximum atomic E-state index is 11.8. The molecule has 0 spiro atoms. The van der Waals surface area contributed by atoms with Gasteiger partial charge in [0.05, 0.1) is 0 Å². The Morgan fingerprint density at radius 3 is 2.62 bits per heavy atom. The molecule has 5 nitrogen and oxygen atoms in total. The van der Waals surface area contributed by atoms with Crippen LogP contribution in [-0.2, 0) is 11.2 Å². The molecule has 0 heterocycles. The van der Waals surface area contributed by atoms with Gasteiger partial charge in [0.15, 0.2) is 0 Å². The summed E-state index contributed by atoms with van der Waals surface area (Å²) in [6.07, 6.45) is 6.75. The lowest BCUT2D eigenvalue weighted by atomic mass is 9.96. The molecule has 0 saturated heterocycles. The van der Waals surface area contributed by atoms with Gasteiger partial charge in [-0.25, -0.2) is 4.79 Å². The second kappa shape index (κ2) is 10.2. The van der Waals surface area contributed by atoms with Gasteiger partial charge in [-0.15, -0.1) is 0 Å². The van der Waals surface area contributed by atoms with Gasteiger partial charge in [0.25, 0.3) is 0 Å². The summed E-state index contributed by atoms with van der Waals surface area (Å²) in [6.45, 7) is 0.912. The topological polar surface area (TPSA) is 70.2 Å². The van der Waals surface area contributed by atoms with Gasteiger partial charge in [0.2, 0.25) is 5.91 Å². The number of amides is 3. The van der Waals surface area contributed by atoms with Gasteiger partial charge in [-0.05, 0) is 37.0 Å². The molecular formula is C18H26ClN3O2. The standard InChI is InChI=1S/C18H26ClN3O2/c19-15-6-4-5-14(13-15)9-11-20-17(23)10-12-21-18(24)22-16-7-2-1-3-8-16/h4-6,13,16H,1-3,7-12H2,(H,20,23)(H2,21,22,24). The number of carbonyl (C=O) groups is 2. The van der Waals surface area contributed by atoms with E-state index in [0.29, 0.717) is 18.1 Å². The number of rotatable bonds is 7. The van der Waals surface area contributed by atoms with Crippen molar-refractivity contribution >= 4 is 23.5 Å². The lowest BCUT2D eigenvalue weighted by Gasteiger charge is -2.22.